The van der Waals surface area contributed by atoms with Crippen LogP contribution in [0.2, 0.25) is 5.02 Å². The van der Waals surface area contributed by atoms with Gasteiger partial charge in [0.15, 0.2) is 0 Å². The molecular weight excluding hydrogens is 265 g/mol. The van der Waals surface area contributed by atoms with Crippen molar-refractivity contribution in [1.82, 2.24) is 5.32 Å². The molecule has 1 unspecified atom stereocenters. The van der Waals surface area contributed by atoms with Crippen molar-refractivity contribution >= 4 is 11.6 Å². The highest BCUT2D eigenvalue weighted by Crippen LogP contribution is 2.28. The van der Waals surface area contributed by atoms with E-state index in [9.17, 15) is 4.39 Å². The second-order valence-corrected chi connectivity index (χ2v) is 4.81. The van der Waals surface area contributed by atoms with Gasteiger partial charge in [-0.3, -0.25) is 0 Å². The summed E-state index contributed by atoms with van der Waals surface area (Å²) in [6.07, 6.45) is 3.29. The Kier molecular flexibility index (Phi) is 5.00. The fraction of sp³-hybridized carbons (Fsp3) is 0.333. The van der Waals surface area contributed by atoms with Gasteiger partial charge in [0.1, 0.15) is 11.6 Å². The van der Waals surface area contributed by atoms with E-state index in [1.165, 1.54) is 6.07 Å². The molecule has 2 aromatic rings. The van der Waals surface area contributed by atoms with Gasteiger partial charge in [0, 0.05) is 12.5 Å². The summed E-state index contributed by atoms with van der Waals surface area (Å²) in [5.41, 5.74) is 0.770. The van der Waals surface area contributed by atoms with Crippen molar-refractivity contribution in [3.63, 3.8) is 0 Å². The monoisotopic (exact) mass is 281 g/mol. The summed E-state index contributed by atoms with van der Waals surface area (Å²) >= 11 is 6.06. The molecule has 0 bridgehead atoms. The van der Waals surface area contributed by atoms with E-state index in [0.29, 0.717) is 6.42 Å². The van der Waals surface area contributed by atoms with Crippen LogP contribution in [0.1, 0.15) is 30.7 Å². The Labute approximate surface area is 117 Å². The zero-order chi connectivity index (χ0) is 13.7. The predicted octanol–water partition coefficient (Wildman–Crippen LogP) is 4.36. The van der Waals surface area contributed by atoms with E-state index in [1.807, 2.05) is 18.2 Å². The number of hydrogen-bond acceptors (Lipinski definition) is 2. The van der Waals surface area contributed by atoms with Crippen molar-refractivity contribution < 1.29 is 8.81 Å². The molecule has 1 atom stereocenters. The minimum Gasteiger partial charge on any atom is -0.469 e. The number of furan rings is 1. The number of nitrogens with one attached hydrogen (secondary N) is 1. The van der Waals surface area contributed by atoms with Crippen LogP contribution in [0.15, 0.2) is 41.0 Å². The summed E-state index contributed by atoms with van der Waals surface area (Å²) < 4.78 is 18.9. The highest BCUT2D eigenvalue weighted by molar-refractivity contribution is 6.31. The Bertz CT molecular complexity index is 513. The van der Waals surface area contributed by atoms with Gasteiger partial charge in [-0.05, 0) is 36.7 Å². The Hall–Kier alpha value is -1.32. The van der Waals surface area contributed by atoms with Crippen LogP contribution in [0.25, 0.3) is 0 Å². The molecule has 0 radical (unpaired) electrons. The van der Waals surface area contributed by atoms with Crippen LogP contribution < -0.4 is 5.32 Å². The van der Waals surface area contributed by atoms with Gasteiger partial charge < -0.3 is 9.73 Å². The summed E-state index contributed by atoms with van der Waals surface area (Å²) in [7, 11) is 0. The van der Waals surface area contributed by atoms with E-state index >= 15 is 0 Å². The van der Waals surface area contributed by atoms with Crippen molar-refractivity contribution in [2.24, 2.45) is 0 Å². The SMILES string of the molecule is CCCNC(Cc1ccco1)c1cccc(F)c1Cl. The van der Waals surface area contributed by atoms with Gasteiger partial charge in [0.2, 0.25) is 0 Å². The molecular formula is C15H17ClFNO. The van der Waals surface area contributed by atoms with E-state index in [-0.39, 0.29) is 16.9 Å². The third-order valence-electron chi connectivity index (χ3n) is 2.98. The fourth-order valence-electron chi connectivity index (χ4n) is 2.03. The van der Waals surface area contributed by atoms with Crippen molar-refractivity contribution in [2.75, 3.05) is 6.54 Å². The number of halogens is 2. The quantitative estimate of drug-likeness (QED) is 0.851. The lowest BCUT2D eigenvalue weighted by Crippen LogP contribution is -2.24. The Morgan fingerprint density at radius 3 is 2.84 bits per heavy atom. The molecule has 102 valence electrons. The van der Waals surface area contributed by atoms with Crippen molar-refractivity contribution in [1.29, 1.82) is 0 Å². The Morgan fingerprint density at radius 1 is 1.32 bits per heavy atom. The first-order valence-electron chi connectivity index (χ1n) is 6.42. The molecule has 2 nitrogen and oxygen atoms in total. The first-order chi connectivity index (χ1) is 9.22. The maximum Gasteiger partial charge on any atom is 0.142 e. The molecule has 0 saturated carbocycles. The zero-order valence-corrected chi connectivity index (χ0v) is 11.6. The summed E-state index contributed by atoms with van der Waals surface area (Å²) in [6, 6.07) is 8.61. The van der Waals surface area contributed by atoms with E-state index < -0.39 is 0 Å². The summed E-state index contributed by atoms with van der Waals surface area (Å²) in [5.74, 6) is 0.468. The second kappa shape index (κ2) is 6.73. The molecule has 2 rings (SSSR count). The lowest BCUT2D eigenvalue weighted by atomic mass is 10.0. The molecule has 1 N–H and O–H groups in total. The minimum atomic E-state index is -0.387. The molecule has 0 amide bonds. The first-order valence-corrected chi connectivity index (χ1v) is 6.79. The molecule has 0 fully saturated rings. The van der Waals surface area contributed by atoms with E-state index in [0.717, 1.165) is 24.3 Å². The topological polar surface area (TPSA) is 25.2 Å². The van der Waals surface area contributed by atoms with E-state index in [1.54, 1.807) is 12.3 Å². The van der Waals surface area contributed by atoms with E-state index in [4.69, 9.17) is 16.0 Å². The van der Waals surface area contributed by atoms with Gasteiger partial charge in [0.25, 0.3) is 0 Å². The maximum absolute atomic E-state index is 13.6. The highest BCUT2D eigenvalue weighted by atomic mass is 35.5. The smallest absolute Gasteiger partial charge is 0.142 e. The second-order valence-electron chi connectivity index (χ2n) is 4.43. The third kappa shape index (κ3) is 3.58. The number of benzene rings is 1. The lowest BCUT2D eigenvalue weighted by molar-refractivity contribution is 0.448. The molecule has 1 heterocycles. The van der Waals surface area contributed by atoms with Crippen molar-refractivity contribution in [2.45, 2.75) is 25.8 Å². The Balaban J connectivity index is 2.23. The molecule has 19 heavy (non-hydrogen) atoms. The van der Waals surface area contributed by atoms with Gasteiger partial charge in [-0.15, -0.1) is 0 Å². The predicted molar refractivity (Wildman–Crippen MR) is 74.9 cm³/mol. The summed E-state index contributed by atoms with van der Waals surface area (Å²) in [5, 5.41) is 3.56. The van der Waals surface area contributed by atoms with Crippen molar-refractivity contribution in [3.8, 4) is 0 Å². The molecule has 0 aliphatic heterocycles. The van der Waals surface area contributed by atoms with Crippen LogP contribution in [0.5, 0.6) is 0 Å². The average molecular weight is 282 g/mol. The van der Waals surface area contributed by atoms with Crippen LogP contribution in [-0.2, 0) is 6.42 Å². The fourth-order valence-corrected chi connectivity index (χ4v) is 2.29. The maximum atomic E-state index is 13.6. The molecule has 4 heteroatoms. The van der Waals surface area contributed by atoms with Gasteiger partial charge in [0.05, 0.1) is 11.3 Å². The Morgan fingerprint density at radius 2 is 2.16 bits per heavy atom. The molecule has 1 aromatic carbocycles. The number of rotatable bonds is 6. The lowest BCUT2D eigenvalue weighted by Gasteiger charge is -2.19. The summed E-state index contributed by atoms with van der Waals surface area (Å²) in [4.78, 5) is 0. The van der Waals surface area contributed by atoms with Gasteiger partial charge in [-0.25, -0.2) is 4.39 Å². The van der Waals surface area contributed by atoms with Gasteiger partial charge in [-0.2, -0.15) is 0 Å². The average Bonchev–Trinajstić information content (AvgIpc) is 2.91. The van der Waals surface area contributed by atoms with Crippen molar-refractivity contribution in [3.05, 3.63) is 58.8 Å². The van der Waals surface area contributed by atoms with Crippen LogP contribution >= 0.6 is 11.6 Å². The molecule has 0 spiro atoms. The van der Waals surface area contributed by atoms with Crippen LogP contribution in [0.3, 0.4) is 0 Å². The molecule has 0 aliphatic carbocycles. The zero-order valence-electron chi connectivity index (χ0n) is 10.8. The van der Waals surface area contributed by atoms with Crippen LogP contribution in [-0.4, -0.2) is 6.54 Å². The highest BCUT2D eigenvalue weighted by Gasteiger charge is 2.17. The van der Waals surface area contributed by atoms with E-state index in [2.05, 4.69) is 12.2 Å². The molecule has 0 aliphatic rings. The first kappa shape index (κ1) is 14.1. The van der Waals surface area contributed by atoms with Gasteiger partial charge in [-0.1, -0.05) is 30.7 Å². The van der Waals surface area contributed by atoms with Crippen LogP contribution in [0.4, 0.5) is 4.39 Å². The largest absolute Gasteiger partial charge is 0.469 e. The van der Waals surface area contributed by atoms with Gasteiger partial charge >= 0.3 is 0 Å². The minimum absolute atomic E-state index is 0.0469. The number of hydrogen-bond donors (Lipinski definition) is 1. The summed E-state index contributed by atoms with van der Waals surface area (Å²) in [6.45, 7) is 2.93. The third-order valence-corrected chi connectivity index (χ3v) is 3.38. The van der Waals surface area contributed by atoms with Crippen LogP contribution in [0, 0.1) is 5.82 Å². The standard InChI is InChI=1S/C15H17ClFNO/c1-2-8-18-14(10-11-5-4-9-19-11)12-6-3-7-13(17)15(12)16/h3-7,9,14,18H,2,8,10H2,1H3. The molecule has 0 saturated heterocycles. The molecule has 1 aromatic heterocycles. The normalized spacial score (nSPS) is 12.6.